The second-order valence-electron chi connectivity index (χ2n) is 10.9. The summed E-state index contributed by atoms with van der Waals surface area (Å²) in [5, 5.41) is 12.6. The van der Waals surface area contributed by atoms with Gasteiger partial charge in [0.05, 0.1) is 23.3 Å². The number of fused-ring (bicyclic) bond motifs is 4. The predicted octanol–water partition coefficient (Wildman–Crippen LogP) is 6.71. The summed E-state index contributed by atoms with van der Waals surface area (Å²) in [5.74, 6) is 1.92. The van der Waals surface area contributed by atoms with Crippen LogP contribution in [0.4, 0.5) is 5.69 Å². The number of aryl methyl sites for hydroxylation is 1. The number of imidazole rings is 1. The van der Waals surface area contributed by atoms with Crippen molar-refractivity contribution < 1.29 is 14.6 Å². The highest BCUT2D eigenvalue weighted by Gasteiger charge is 2.35. The molecule has 41 heavy (non-hydrogen) atoms. The highest BCUT2D eigenvalue weighted by molar-refractivity contribution is 6.19. The SMILES string of the molecule is Cc1cccc2c(O)cc3c(c12)[C@H](CCl)CN3C(=O)c1ccc2[nH]c(-c3ccc(OCCCN(C)C)cc3)nc2c1. The number of carbonyl (C=O) groups is 1. The van der Waals surface area contributed by atoms with Gasteiger partial charge in [-0.1, -0.05) is 18.2 Å². The molecule has 0 aliphatic carbocycles. The molecule has 0 saturated carbocycles. The standard InChI is InChI=1S/C33H33ClN4O3/c1-20-6-4-7-25-29(39)17-28-31(30(20)25)23(18-34)19-38(28)33(40)22-10-13-26-27(16-22)36-32(35-26)21-8-11-24(12-9-21)41-15-5-14-37(2)3/h4,6-13,16-17,23,39H,5,14-15,18-19H2,1-3H3,(H,35,36)/t23-/m1/s1. The molecule has 0 fully saturated rings. The summed E-state index contributed by atoms with van der Waals surface area (Å²) in [6.45, 7) is 4.13. The quantitative estimate of drug-likeness (QED) is 0.161. The number of nitrogens with one attached hydrogen (secondary N) is 1. The number of ether oxygens (including phenoxy) is 1. The minimum atomic E-state index is -0.145. The number of amides is 1. The molecule has 1 aromatic heterocycles. The van der Waals surface area contributed by atoms with Crippen molar-refractivity contribution in [3.63, 3.8) is 0 Å². The van der Waals surface area contributed by atoms with Crippen LogP contribution in [0.5, 0.6) is 11.5 Å². The molecule has 2 heterocycles. The van der Waals surface area contributed by atoms with Crippen molar-refractivity contribution in [2.24, 2.45) is 0 Å². The van der Waals surface area contributed by atoms with Crippen LogP contribution in [0, 0.1) is 6.92 Å². The lowest BCUT2D eigenvalue weighted by Gasteiger charge is -2.19. The largest absolute Gasteiger partial charge is 0.507 e. The van der Waals surface area contributed by atoms with Crippen LogP contribution in [0.25, 0.3) is 33.2 Å². The zero-order valence-corrected chi connectivity index (χ0v) is 24.2. The number of alkyl halides is 1. The summed E-state index contributed by atoms with van der Waals surface area (Å²) < 4.78 is 5.85. The van der Waals surface area contributed by atoms with E-state index in [1.807, 2.05) is 67.6 Å². The van der Waals surface area contributed by atoms with Crippen molar-refractivity contribution >= 4 is 45.0 Å². The Balaban J connectivity index is 1.26. The second kappa shape index (κ2) is 11.1. The number of aromatic amines is 1. The molecule has 8 heteroatoms. The van der Waals surface area contributed by atoms with Gasteiger partial charge in [-0.05, 0) is 86.4 Å². The first-order valence-corrected chi connectivity index (χ1v) is 14.4. The van der Waals surface area contributed by atoms with Crippen LogP contribution in [-0.2, 0) is 0 Å². The molecule has 1 atom stereocenters. The van der Waals surface area contributed by atoms with Crippen LogP contribution in [0.15, 0.2) is 66.7 Å². The summed E-state index contributed by atoms with van der Waals surface area (Å²) in [5.41, 5.74) is 5.81. The number of H-pyrrole nitrogens is 1. The zero-order valence-electron chi connectivity index (χ0n) is 23.4. The van der Waals surface area contributed by atoms with Gasteiger partial charge in [0.15, 0.2) is 0 Å². The molecule has 7 nitrogen and oxygen atoms in total. The number of aromatic nitrogens is 2. The zero-order chi connectivity index (χ0) is 28.7. The number of carbonyl (C=O) groups excluding carboxylic acids is 1. The third-order valence-corrected chi connectivity index (χ3v) is 8.15. The van der Waals surface area contributed by atoms with E-state index in [4.69, 9.17) is 21.3 Å². The molecule has 0 radical (unpaired) electrons. The average molecular weight is 569 g/mol. The van der Waals surface area contributed by atoms with E-state index in [0.717, 1.165) is 57.5 Å². The van der Waals surface area contributed by atoms with E-state index in [1.54, 1.807) is 11.0 Å². The van der Waals surface area contributed by atoms with Gasteiger partial charge in [0.1, 0.15) is 17.3 Å². The van der Waals surface area contributed by atoms with E-state index in [1.165, 1.54) is 0 Å². The molecular weight excluding hydrogens is 536 g/mol. The van der Waals surface area contributed by atoms with Gasteiger partial charge in [0, 0.05) is 47.5 Å². The van der Waals surface area contributed by atoms with E-state index in [9.17, 15) is 9.90 Å². The van der Waals surface area contributed by atoms with Gasteiger partial charge in [-0.2, -0.15) is 0 Å². The van der Waals surface area contributed by atoms with E-state index < -0.39 is 0 Å². The van der Waals surface area contributed by atoms with Gasteiger partial charge in [-0.25, -0.2) is 4.98 Å². The molecule has 0 saturated heterocycles. The maximum atomic E-state index is 13.9. The Morgan fingerprint density at radius 2 is 1.95 bits per heavy atom. The third kappa shape index (κ3) is 5.11. The number of rotatable bonds is 8. The van der Waals surface area contributed by atoms with Gasteiger partial charge < -0.3 is 24.6 Å². The number of anilines is 1. The Hall–Kier alpha value is -4.07. The summed E-state index contributed by atoms with van der Waals surface area (Å²) in [4.78, 5) is 25.9. The Bertz CT molecular complexity index is 1750. The molecule has 2 N–H and O–H groups in total. The maximum Gasteiger partial charge on any atom is 0.258 e. The summed E-state index contributed by atoms with van der Waals surface area (Å²) in [7, 11) is 4.11. The summed E-state index contributed by atoms with van der Waals surface area (Å²) in [6, 6.07) is 20.9. The molecule has 210 valence electrons. The third-order valence-electron chi connectivity index (χ3n) is 7.78. The first kappa shape index (κ1) is 27.1. The van der Waals surface area contributed by atoms with Gasteiger partial charge >= 0.3 is 0 Å². The molecule has 4 aromatic carbocycles. The van der Waals surface area contributed by atoms with Gasteiger partial charge in [0.2, 0.25) is 0 Å². The number of hydrogen-bond acceptors (Lipinski definition) is 5. The lowest BCUT2D eigenvalue weighted by molar-refractivity contribution is 0.0988. The molecular formula is C33H33ClN4O3. The van der Waals surface area contributed by atoms with E-state index >= 15 is 0 Å². The normalized spacial score (nSPS) is 14.8. The fourth-order valence-electron chi connectivity index (χ4n) is 5.73. The number of benzene rings is 4. The number of phenolic OH excluding ortho intramolecular Hbond substituents is 1. The Kier molecular flexibility index (Phi) is 7.32. The lowest BCUT2D eigenvalue weighted by atomic mass is 9.92. The number of hydrogen-bond donors (Lipinski definition) is 2. The van der Waals surface area contributed by atoms with Crippen molar-refractivity contribution in [1.29, 1.82) is 0 Å². The molecule has 1 aliphatic rings. The van der Waals surface area contributed by atoms with Gasteiger partial charge in [-0.15, -0.1) is 11.6 Å². The highest BCUT2D eigenvalue weighted by Crippen LogP contribution is 2.46. The first-order chi connectivity index (χ1) is 19.8. The Labute approximate surface area is 244 Å². The van der Waals surface area contributed by atoms with Crippen LogP contribution >= 0.6 is 11.6 Å². The van der Waals surface area contributed by atoms with Crippen LogP contribution in [0.2, 0.25) is 0 Å². The average Bonchev–Trinajstić information content (AvgIpc) is 3.56. The predicted molar refractivity (Wildman–Crippen MR) is 166 cm³/mol. The van der Waals surface area contributed by atoms with E-state index in [2.05, 4.69) is 24.0 Å². The summed E-state index contributed by atoms with van der Waals surface area (Å²) >= 11 is 6.41. The topological polar surface area (TPSA) is 81.7 Å². The Morgan fingerprint density at radius 1 is 1.15 bits per heavy atom. The monoisotopic (exact) mass is 568 g/mol. The fourth-order valence-corrected chi connectivity index (χ4v) is 5.98. The maximum absolute atomic E-state index is 13.9. The molecule has 0 unspecified atom stereocenters. The minimum Gasteiger partial charge on any atom is -0.507 e. The van der Waals surface area contributed by atoms with Crippen molar-refractivity contribution in [2.75, 3.05) is 44.6 Å². The number of phenols is 1. The van der Waals surface area contributed by atoms with Crippen LogP contribution in [0.3, 0.4) is 0 Å². The van der Waals surface area contributed by atoms with Crippen LogP contribution < -0.4 is 9.64 Å². The van der Waals surface area contributed by atoms with Crippen molar-refractivity contribution in [2.45, 2.75) is 19.3 Å². The van der Waals surface area contributed by atoms with Crippen molar-refractivity contribution in [1.82, 2.24) is 14.9 Å². The number of nitrogens with zero attached hydrogens (tertiary/aromatic N) is 3. The van der Waals surface area contributed by atoms with E-state index in [-0.39, 0.29) is 17.6 Å². The molecule has 5 aromatic rings. The molecule has 0 spiro atoms. The first-order valence-electron chi connectivity index (χ1n) is 13.8. The number of aromatic hydroxyl groups is 1. The highest BCUT2D eigenvalue weighted by atomic mass is 35.5. The molecule has 0 bridgehead atoms. The fraction of sp³-hybridized carbons (Fsp3) is 0.273. The smallest absolute Gasteiger partial charge is 0.258 e. The lowest BCUT2D eigenvalue weighted by Crippen LogP contribution is -2.30. The molecule has 6 rings (SSSR count). The van der Waals surface area contributed by atoms with E-state index in [0.29, 0.717) is 35.8 Å². The van der Waals surface area contributed by atoms with Crippen molar-refractivity contribution in [3.05, 3.63) is 83.4 Å². The number of halogens is 1. The van der Waals surface area contributed by atoms with Gasteiger partial charge in [-0.3, -0.25) is 4.79 Å². The molecule has 1 amide bonds. The molecule has 1 aliphatic heterocycles. The second-order valence-corrected chi connectivity index (χ2v) is 11.2. The minimum absolute atomic E-state index is 0.0273. The van der Waals surface area contributed by atoms with Crippen molar-refractivity contribution in [3.8, 4) is 22.9 Å². The van der Waals surface area contributed by atoms with Crippen LogP contribution in [0.1, 0.15) is 33.8 Å². The summed E-state index contributed by atoms with van der Waals surface area (Å²) in [6.07, 6.45) is 0.965. The Morgan fingerprint density at radius 3 is 2.71 bits per heavy atom. The van der Waals surface area contributed by atoms with Crippen LogP contribution in [-0.4, -0.2) is 65.6 Å². The van der Waals surface area contributed by atoms with Gasteiger partial charge in [0.25, 0.3) is 5.91 Å².